The van der Waals surface area contributed by atoms with E-state index in [0.29, 0.717) is 0 Å². The summed E-state index contributed by atoms with van der Waals surface area (Å²) in [7, 11) is 0. The van der Waals surface area contributed by atoms with Crippen LogP contribution in [-0.2, 0) is 10.1 Å². The largest absolute Gasteiger partial charge is 0.487 e. The average molecular weight is 285 g/mol. The Bertz CT molecular complexity index is 347. The van der Waals surface area contributed by atoms with E-state index in [1.165, 1.54) is 16.7 Å². The minimum Gasteiger partial charge on any atom is -0.487 e. The van der Waals surface area contributed by atoms with E-state index in [9.17, 15) is 0 Å². The Labute approximate surface area is 105 Å². The van der Waals surface area contributed by atoms with E-state index in [-0.39, 0.29) is 6.10 Å². The van der Waals surface area contributed by atoms with Crippen molar-refractivity contribution in [2.24, 2.45) is 0 Å². The molecule has 2 nitrogen and oxygen atoms in total. The van der Waals surface area contributed by atoms with Gasteiger partial charge < -0.3 is 9.47 Å². The number of hydrogen-bond donors (Lipinski definition) is 0. The summed E-state index contributed by atoms with van der Waals surface area (Å²) in [6.45, 7) is 5.75. The lowest BCUT2D eigenvalue weighted by atomic mass is 10.1. The van der Waals surface area contributed by atoms with Crippen molar-refractivity contribution in [2.45, 2.75) is 31.7 Å². The van der Waals surface area contributed by atoms with Crippen LogP contribution in [0.1, 0.15) is 23.1 Å². The van der Waals surface area contributed by atoms with Crippen molar-refractivity contribution in [3.63, 3.8) is 0 Å². The zero-order chi connectivity index (χ0) is 11.5. The quantitative estimate of drug-likeness (QED) is 0.793. The van der Waals surface area contributed by atoms with E-state index in [0.717, 1.165) is 30.7 Å². The first-order valence-corrected chi connectivity index (χ1v) is 6.73. The van der Waals surface area contributed by atoms with Crippen LogP contribution in [0.15, 0.2) is 12.1 Å². The van der Waals surface area contributed by atoms with E-state index in [4.69, 9.17) is 9.47 Å². The second-order valence-corrected chi connectivity index (χ2v) is 4.86. The van der Waals surface area contributed by atoms with Gasteiger partial charge >= 0.3 is 0 Å². The topological polar surface area (TPSA) is 18.5 Å². The van der Waals surface area contributed by atoms with Gasteiger partial charge in [-0.25, -0.2) is 0 Å². The number of benzene rings is 1. The maximum Gasteiger partial charge on any atom is 0.125 e. The van der Waals surface area contributed by atoms with Crippen LogP contribution in [0.2, 0.25) is 0 Å². The van der Waals surface area contributed by atoms with Gasteiger partial charge in [0.15, 0.2) is 0 Å². The Balaban J connectivity index is 2.19. The van der Waals surface area contributed by atoms with Crippen LogP contribution < -0.4 is 4.74 Å². The minimum absolute atomic E-state index is 0.229. The molecule has 88 valence electrons. The zero-order valence-corrected chi connectivity index (χ0v) is 11.3. The number of hydrogen-bond acceptors (Lipinski definition) is 2. The standard InChI is InChI=1S/C13H17BrO2/c1-9-5-11(7-14)6-10(2)13(9)16-12-3-4-15-8-12/h5-6,12H,3-4,7-8H2,1-2H3. The monoisotopic (exact) mass is 284 g/mol. The number of rotatable bonds is 3. The summed E-state index contributed by atoms with van der Waals surface area (Å²) in [6.07, 6.45) is 1.23. The van der Waals surface area contributed by atoms with Crippen molar-refractivity contribution in [1.82, 2.24) is 0 Å². The molecule has 0 saturated carbocycles. The van der Waals surface area contributed by atoms with Crippen molar-refractivity contribution in [1.29, 1.82) is 0 Å². The fourth-order valence-corrected chi connectivity index (χ4v) is 2.40. The van der Waals surface area contributed by atoms with E-state index >= 15 is 0 Å². The summed E-state index contributed by atoms with van der Waals surface area (Å²) in [5.41, 5.74) is 3.72. The molecule has 1 fully saturated rings. The van der Waals surface area contributed by atoms with Crippen LogP contribution in [-0.4, -0.2) is 19.3 Å². The first-order chi connectivity index (χ1) is 7.70. The summed E-state index contributed by atoms with van der Waals surface area (Å²) in [5, 5.41) is 0.890. The van der Waals surface area contributed by atoms with Gasteiger partial charge in [-0.05, 0) is 30.5 Å². The first-order valence-electron chi connectivity index (χ1n) is 5.61. The van der Waals surface area contributed by atoms with Crippen LogP contribution in [0.5, 0.6) is 5.75 Å². The van der Waals surface area contributed by atoms with Gasteiger partial charge in [-0.1, -0.05) is 28.1 Å². The average Bonchev–Trinajstić information content (AvgIpc) is 2.75. The van der Waals surface area contributed by atoms with Gasteiger partial charge in [0.2, 0.25) is 0 Å². The Kier molecular flexibility index (Phi) is 3.87. The van der Waals surface area contributed by atoms with E-state index in [1.807, 2.05) is 0 Å². The highest BCUT2D eigenvalue weighted by Gasteiger charge is 2.19. The van der Waals surface area contributed by atoms with Crippen molar-refractivity contribution in [3.8, 4) is 5.75 Å². The molecule has 0 N–H and O–H groups in total. The summed E-state index contributed by atoms with van der Waals surface area (Å²) in [5.74, 6) is 1.03. The Morgan fingerprint density at radius 2 is 2.06 bits per heavy atom. The second-order valence-electron chi connectivity index (χ2n) is 4.30. The highest BCUT2D eigenvalue weighted by molar-refractivity contribution is 9.08. The molecule has 0 spiro atoms. The Hall–Kier alpha value is -0.540. The van der Waals surface area contributed by atoms with Gasteiger partial charge in [-0.3, -0.25) is 0 Å². The Morgan fingerprint density at radius 1 is 1.38 bits per heavy atom. The van der Waals surface area contributed by atoms with Crippen LogP contribution >= 0.6 is 15.9 Å². The molecule has 1 unspecified atom stereocenters. The van der Waals surface area contributed by atoms with Crippen LogP contribution in [0.4, 0.5) is 0 Å². The molecule has 1 atom stereocenters. The maximum atomic E-state index is 6.00. The van der Waals surface area contributed by atoms with Crippen LogP contribution in [0.25, 0.3) is 0 Å². The molecule has 0 bridgehead atoms. The van der Waals surface area contributed by atoms with Gasteiger partial charge in [0, 0.05) is 11.8 Å². The predicted octanol–water partition coefficient (Wildman–Crippen LogP) is 3.37. The van der Waals surface area contributed by atoms with E-state index in [2.05, 4.69) is 41.9 Å². The molecule has 1 aromatic carbocycles. The highest BCUT2D eigenvalue weighted by Crippen LogP contribution is 2.28. The zero-order valence-electron chi connectivity index (χ0n) is 9.75. The Morgan fingerprint density at radius 3 is 2.56 bits per heavy atom. The minimum atomic E-state index is 0.229. The summed E-state index contributed by atoms with van der Waals surface area (Å²) in [4.78, 5) is 0. The molecule has 0 radical (unpaired) electrons. The molecular formula is C13H17BrO2. The van der Waals surface area contributed by atoms with Gasteiger partial charge in [0.25, 0.3) is 0 Å². The lowest BCUT2D eigenvalue weighted by Crippen LogP contribution is -2.17. The molecule has 1 aliphatic rings. The van der Waals surface area contributed by atoms with Crippen molar-refractivity contribution in [3.05, 3.63) is 28.8 Å². The predicted molar refractivity (Wildman–Crippen MR) is 68.4 cm³/mol. The van der Waals surface area contributed by atoms with Crippen molar-refractivity contribution >= 4 is 15.9 Å². The number of aryl methyl sites for hydroxylation is 2. The lowest BCUT2D eigenvalue weighted by molar-refractivity contribution is 0.140. The maximum absolute atomic E-state index is 6.00. The van der Waals surface area contributed by atoms with E-state index in [1.54, 1.807) is 0 Å². The fraction of sp³-hybridized carbons (Fsp3) is 0.538. The SMILES string of the molecule is Cc1cc(CBr)cc(C)c1OC1CCOC1. The molecule has 1 heterocycles. The summed E-state index contributed by atoms with van der Waals surface area (Å²) < 4.78 is 11.3. The number of alkyl halides is 1. The third kappa shape index (κ3) is 2.58. The van der Waals surface area contributed by atoms with Crippen LogP contribution in [0.3, 0.4) is 0 Å². The molecule has 1 saturated heterocycles. The fourth-order valence-electron chi connectivity index (χ4n) is 2.08. The number of halogens is 1. The van der Waals surface area contributed by atoms with Gasteiger partial charge in [0.1, 0.15) is 11.9 Å². The number of ether oxygens (including phenoxy) is 2. The highest BCUT2D eigenvalue weighted by atomic mass is 79.9. The molecule has 1 aromatic rings. The molecule has 3 heteroatoms. The van der Waals surface area contributed by atoms with Crippen molar-refractivity contribution in [2.75, 3.05) is 13.2 Å². The van der Waals surface area contributed by atoms with Gasteiger partial charge in [-0.2, -0.15) is 0 Å². The molecule has 0 aliphatic carbocycles. The van der Waals surface area contributed by atoms with Gasteiger partial charge in [0.05, 0.1) is 13.2 Å². The molecule has 0 amide bonds. The third-order valence-electron chi connectivity index (χ3n) is 2.85. The summed E-state index contributed by atoms with van der Waals surface area (Å²) in [6, 6.07) is 4.35. The van der Waals surface area contributed by atoms with Crippen LogP contribution in [0, 0.1) is 13.8 Å². The van der Waals surface area contributed by atoms with Gasteiger partial charge in [-0.15, -0.1) is 0 Å². The van der Waals surface area contributed by atoms with E-state index < -0.39 is 0 Å². The molecular weight excluding hydrogens is 268 g/mol. The van der Waals surface area contributed by atoms with Crippen molar-refractivity contribution < 1.29 is 9.47 Å². The normalized spacial score (nSPS) is 20.1. The smallest absolute Gasteiger partial charge is 0.125 e. The third-order valence-corrected chi connectivity index (χ3v) is 3.49. The molecule has 0 aromatic heterocycles. The molecule has 16 heavy (non-hydrogen) atoms. The summed E-state index contributed by atoms with van der Waals surface area (Å²) >= 11 is 3.48. The molecule has 1 aliphatic heterocycles. The second kappa shape index (κ2) is 5.19. The molecule has 2 rings (SSSR count). The lowest BCUT2D eigenvalue weighted by Gasteiger charge is -2.17. The first kappa shape index (κ1) is 11.9.